The quantitative estimate of drug-likeness (QED) is 0.432. The highest BCUT2D eigenvalue weighted by molar-refractivity contribution is 9.10. The number of benzene rings is 1. The van der Waals surface area contributed by atoms with Gasteiger partial charge >= 0.3 is 0 Å². The second-order valence-electron chi connectivity index (χ2n) is 5.93. The first-order valence-electron chi connectivity index (χ1n) is 8.35. The molecular formula is C19H17BrClN5. The Hall–Kier alpha value is -2.31. The lowest BCUT2D eigenvalue weighted by Gasteiger charge is -2.11. The van der Waals surface area contributed by atoms with Gasteiger partial charge in [0.25, 0.3) is 0 Å². The number of nitrogens with one attached hydrogen (secondary N) is 1. The Morgan fingerprint density at radius 1 is 1.12 bits per heavy atom. The van der Waals surface area contributed by atoms with Crippen LogP contribution in [0.1, 0.15) is 6.42 Å². The maximum absolute atomic E-state index is 6.36. The maximum Gasteiger partial charge on any atom is 0.181 e. The first kappa shape index (κ1) is 17.1. The second kappa shape index (κ2) is 7.51. The molecule has 132 valence electrons. The van der Waals surface area contributed by atoms with E-state index in [0.717, 1.165) is 46.8 Å². The number of hydrogen-bond acceptors (Lipinski definition) is 3. The van der Waals surface area contributed by atoms with E-state index in [4.69, 9.17) is 16.6 Å². The summed E-state index contributed by atoms with van der Waals surface area (Å²) < 4.78 is 5.01. The predicted molar refractivity (Wildman–Crippen MR) is 109 cm³/mol. The zero-order chi connectivity index (χ0) is 17.9. The number of anilines is 1. The Labute approximate surface area is 164 Å². The Morgan fingerprint density at radius 2 is 1.92 bits per heavy atom. The van der Waals surface area contributed by atoms with Crippen LogP contribution in [0.5, 0.6) is 0 Å². The van der Waals surface area contributed by atoms with Crippen molar-refractivity contribution in [1.82, 2.24) is 18.9 Å². The van der Waals surface area contributed by atoms with E-state index >= 15 is 0 Å². The summed E-state index contributed by atoms with van der Waals surface area (Å²) in [7, 11) is 0. The van der Waals surface area contributed by atoms with Gasteiger partial charge in [-0.15, -0.1) is 0 Å². The third kappa shape index (κ3) is 3.48. The van der Waals surface area contributed by atoms with Crippen molar-refractivity contribution in [2.75, 3.05) is 11.9 Å². The Kier molecular flexibility index (Phi) is 4.95. The van der Waals surface area contributed by atoms with Gasteiger partial charge in [0.15, 0.2) is 11.5 Å². The van der Waals surface area contributed by atoms with Crippen LogP contribution in [0.25, 0.3) is 16.9 Å². The van der Waals surface area contributed by atoms with Crippen LogP contribution in [0.15, 0.2) is 65.8 Å². The van der Waals surface area contributed by atoms with Crippen molar-refractivity contribution in [3.63, 3.8) is 0 Å². The van der Waals surface area contributed by atoms with Crippen LogP contribution in [0.4, 0.5) is 5.82 Å². The third-order valence-corrected chi connectivity index (χ3v) is 5.07. The molecule has 0 aliphatic rings. The monoisotopic (exact) mass is 429 g/mol. The van der Waals surface area contributed by atoms with E-state index in [2.05, 4.69) is 43.2 Å². The molecule has 0 atom stereocenters. The van der Waals surface area contributed by atoms with E-state index in [1.807, 2.05) is 47.0 Å². The summed E-state index contributed by atoms with van der Waals surface area (Å²) in [5, 5.41) is 4.10. The van der Waals surface area contributed by atoms with Crippen LogP contribution in [-0.4, -0.2) is 25.5 Å². The first-order valence-corrected chi connectivity index (χ1v) is 9.52. The molecular weight excluding hydrogens is 414 g/mol. The van der Waals surface area contributed by atoms with Crippen molar-refractivity contribution in [3.05, 3.63) is 70.8 Å². The number of halogens is 2. The summed E-state index contributed by atoms with van der Waals surface area (Å²) in [6, 6.07) is 11.8. The van der Waals surface area contributed by atoms with E-state index < -0.39 is 0 Å². The molecule has 3 aromatic heterocycles. The number of aromatic nitrogens is 4. The smallest absolute Gasteiger partial charge is 0.181 e. The van der Waals surface area contributed by atoms with Crippen molar-refractivity contribution in [1.29, 1.82) is 0 Å². The molecule has 1 aromatic carbocycles. The number of hydrogen-bond donors (Lipinski definition) is 1. The van der Waals surface area contributed by atoms with E-state index in [9.17, 15) is 0 Å². The lowest BCUT2D eigenvalue weighted by Crippen LogP contribution is -2.09. The van der Waals surface area contributed by atoms with Crippen LogP contribution < -0.4 is 5.32 Å². The van der Waals surface area contributed by atoms with Gasteiger partial charge in [0.2, 0.25) is 0 Å². The molecule has 3 heterocycles. The topological polar surface area (TPSA) is 47.1 Å². The fourth-order valence-electron chi connectivity index (χ4n) is 2.86. The molecule has 0 bridgehead atoms. The molecule has 1 N–H and O–H groups in total. The summed E-state index contributed by atoms with van der Waals surface area (Å²) in [5.41, 5.74) is 2.48. The normalized spacial score (nSPS) is 11.2. The molecule has 0 fully saturated rings. The maximum atomic E-state index is 6.36. The van der Waals surface area contributed by atoms with Crippen molar-refractivity contribution < 1.29 is 0 Å². The van der Waals surface area contributed by atoms with Crippen LogP contribution in [0.2, 0.25) is 5.02 Å². The average molecular weight is 431 g/mol. The summed E-state index contributed by atoms with van der Waals surface area (Å²) in [6.07, 6.45) is 8.85. The minimum absolute atomic E-state index is 0.675. The summed E-state index contributed by atoms with van der Waals surface area (Å²) in [4.78, 5) is 9.23. The van der Waals surface area contributed by atoms with Gasteiger partial charge in [-0.05, 0) is 40.5 Å². The Balaban J connectivity index is 1.61. The van der Waals surface area contributed by atoms with Crippen LogP contribution in [0.3, 0.4) is 0 Å². The van der Waals surface area contributed by atoms with Gasteiger partial charge in [-0.3, -0.25) is 4.40 Å². The van der Waals surface area contributed by atoms with Gasteiger partial charge in [0.05, 0.1) is 16.9 Å². The van der Waals surface area contributed by atoms with E-state index in [1.54, 1.807) is 6.20 Å². The largest absolute Gasteiger partial charge is 0.367 e. The van der Waals surface area contributed by atoms with Gasteiger partial charge in [-0.1, -0.05) is 29.8 Å². The summed E-state index contributed by atoms with van der Waals surface area (Å²) >= 11 is 9.90. The minimum Gasteiger partial charge on any atom is -0.367 e. The lowest BCUT2D eigenvalue weighted by molar-refractivity contribution is 0.664. The molecule has 5 nitrogen and oxygen atoms in total. The molecule has 7 heteroatoms. The van der Waals surface area contributed by atoms with Crippen LogP contribution >= 0.6 is 27.5 Å². The van der Waals surface area contributed by atoms with Gasteiger partial charge < -0.3 is 9.88 Å². The van der Waals surface area contributed by atoms with Crippen molar-refractivity contribution in [2.24, 2.45) is 0 Å². The van der Waals surface area contributed by atoms with Gasteiger partial charge in [-0.25, -0.2) is 9.97 Å². The lowest BCUT2D eigenvalue weighted by atomic mass is 10.1. The third-order valence-electron chi connectivity index (χ3n) is 4.15. The number of rotatable bonds is 6. The second-order valence-corrected chi connectivity index (χ2v) is 7.15. The van der Waals surface area contributed by atoms with Gasteiger partial charge in [0, 0.05) is 37.2 Å². The van der Waals surface area contributed by atoms with Crippen molar-refractivity contribution >= 4 is 39.0 Å². The molecule has 0 spiro atoms. The van der Waals surface area contributed by atoms with Crippen molar-refractivity contribution in [2.45, 2.75) is 13.0 Å². The molecule has 0 unspecified atom stereocenters. The fourth-order valence-corrected chi connectivity index (χ4v) is 3.47. The summed E-state index contributed by atoms with van der Waals surface area (Å²) in [6.45, 7) is 1.76. The molecule has 0 saturated carbocycles. The van der Waals surface area contributed by atoms with Gasteiger partial charge in [0.1, 0.15) is 4.60 Å². The average Bonchev–Trinajstić information content (AvgIpc) is 3.29. The van der Waals surface area contributed by atoms with Crippen LogP contribution in [0, 0.1) is 0 Å². The molecule has 0 amide bonds. The van der Waals surface area contributed by atoms with E-state index in [1.165, 1.54) is 0 Å². The first-order chi connectivity index (χ1) is 12.7. The number of aryl methyl sites for hydroxylation is 1. The molecule has 4 aromatic rings. The Morgan fingerprint density at radius 3 is 2.73 bits per heavy atom. The molecule has 0 aliphatic carbocycles. The fraction of sp³-hybridized carbons (Fsp3) is 0.158. The molecule has 4 rings (SSSR count). The van der Waals surface area contributed by atoms with Gasteiger partial charge in [-0.2, -0.15) is 0 Å². The van der Waals surface area contributed by atoms with E-state index in [-0.39, 0.29) is 0 Å². The molecule has 0 aliphatic heterocycles. The number of imidazole rings is 1. The minimum atomic E-state index is 0.675. The summed E-state index contributed by atoms with van der Waals surface area (Å²) in [5.74, 6) is 0.751. The number of fused-ring (bicyclic) bond motifs is 1. The zero-order valence-corrected chi connectivity index (χ0v) is 16.3. The SMILES string of the molecule is Clc1ccccc1-c1cn2c(Br)cnc2c(NCCCn2cccc2)n1. The van der Waals surface area contributed by atoms with Crippen LogP contribution in [-0.2, 0) is 6.54 Å². The molecule has 0 saturated heterocycles. The standard InChI is InChI=1S/C19H17BrClN5/c20-17-12-23-19-18(22-8-5-11-25-9-3-4-10-25)24-16(13-26(17)19)14-6-1-2-7-15(14)21/h1-4,6-7,9-10,12-13H,5,8,11H2,(H,22,24). The number of nitrogens with zero attached hydrogens (tertiary/aromatic N) is 4. The Bertz CT molecular complexity index is 1030. The van der Waals surface area contributed by atoms with Crippen molar-refractivity contribution in [3.8, 4) is 11.3 Å². The highest BCUT2D eigenvalue weighted by atomic mass is 79.9. The molecule has 0 radical (unpaired) electrons. The molecule has 26 heavy (non-hydrogen) atoms. The highest BCUT2D eigenvalue weighted by Crippen LogP contribution is 2.29. The zero-order valence-electron chi connectivity index (χ0n) is 13.9. The van der Waals surface area contributed by atoms with E-state index in [0.29, 0.717) is 5.02 Å². The predicted octanol–water partition coefficient (Wildman–Crippen LogP) is 5.12. The highest BCUT2D eigenvalue weighted by Gasteiger charge is 2.13.